The van der Waals surface area contributed by atoms with Gasteiger partial charge in [-0.1, -0.05) is 24.3 Å². The third-order valence-corrected chi connectivity index (χ3v) is 5.37. The number of hydrogen-bond acceptors (Lipinski definition) is 8. The van der Waals surface area contributed by atoms with Gasteiger partial charge < -0.3 is 22.5 Å². The molecule has 0 saturated heterocycles. The number of anilines is 1. The smallest absolute Gasteiger partial charge is 0.481 e. The van der Waals surface area contributed by atoms with Gasteiger partial charge in [0.15, 0.2) is 5.92 Å². The molecule has 0 saturated carbocycles. The van der Waals surface area contributed by atoms with Crippen molar-refractivity contribution in [3.63, 3.8) is 0 Å². The molecule has 180 valence electrons. The van der Waals surface area contributed by atoms with E-state index in [0.717, 1.165) is 6.08 Å². The zero-order valence-corrected chi connectivity index (χ0v) is 20.2. The molecule has 0 aromatic heterocycles. The number of carboxylic acids is 2. The largest absolute Gasteiger partial charge is 4.00 e. The standard InChI is InChI=1S/C19H18N2O8S.2H3N.Pt/c22-17(20-27)10-5-12-3-8-15(9-4-12)30(28,29)21-14-6-1-13(2-7-14)11-16(18(23)24)19(25)26;;;/h1-10,16,21,27H,11H2,(H,20,22)(H,23,24)(H,25,26);2*1H3;/q;;;+4/b10-5+;;;. The second kappa shape index (κ2) is 14.1. The van der Waals surface area contributed by atoms with E-state index in [1.54, 1.807) is 0 Å². The first kappa shape index (κ1) is 32.1. The van der Waals surface area contributed by atoms with Gasteiger partial charge in [-0.15, -0.1) is 0 Å². The SMILES string of the molecule is N.N.O=C(/C=C/c1ccc(S(=O)(=O)Nc2ccc(CC(C(=O)O)C(=O)O)cc2)cc1)NO.[Pt+4]. The van der Waals surface area contributed by atoms with Crippen molar-refractivity contribution in [1.82, 2.24) is 17.8 Å². The number of carbonyl (C=O) groups excluding carboxylic acids is 1. The minimum atomic E-state index is -3.91. The molecular weight excluding hydrogens is 639 g/mol. The van der Waals surface area contributed by atoms with Crippen molar-refractivity contribution in [3.05, 3.63) is 65.7 Å². The Balaban J connectivity index is 0. The van der Waals surface area contributed by atoms with Crippen molar-refractivity contribution < 1.29 is 59.3 Å². The number of carbonyl (C=O) groups is 3. The van der Waals surface area contributed by atoms with E-state index in [1.165, 1.54) is 60.1 Å². The van der Waals surface area contributed by atoms with Gasteiger partial charge in [0.2, 0.25) is 0 Å². The normalized spacial score (nSPS) is 10.4. The van der Waals surface area contributed by atoms with Crippen molar-refractivity contribution in [2.24, 2.45) is 5.92 Å². The summed E-state index contributed by atoms with van der Waals surface area (Å²) in [4.78, 5) is 32.8. The summed E-state index contributed by atoms with van der Waals surface area (Å²) in [7, 11) is -3.91. The van der Waals surface area contributed by atoms with Crippen LogP contribution in [0.4, 0.5) is 5.69 Å². The van der Waals surface area contributed by atoms with Crippen LogP contribution in [-0.4, -0.2) is 41.7 Å². The Labute approximate surface area is 204 Å². The minimum Gasteiger partial charge on any atom is -0.481 e. The number of hydrogen-bond donors (Lipinski definition) is 7. The van der Waals surface area contributed by atoms with Crippen molar-refractivity contribution in [1.29, 1.82) is 0 Å². The molecule has 0 unspecified atom stereocenters. The molecule has 0 radical (unpaired) electrons. The maximum atomic E-state index is 12.5. The average molecular weight is 664 g/mol. The van der Waals surface area contributed by atoms with Gasteiger partial charge in [-0.05, 0) is 47.9 Å². The third kappa shape index (κ3) is 9.51. The fourth-order valence-corrected chi connectivity index (χ4v) is 3.46. The van der Waals surface area contributed by atoms with E-state index >= 15 is 0 Å². The van der Waals surface area contributed by atoms with E-state index in [1.807, 2.05) is 0 Å². The van der Waals surface area contributed by atoms with Gasteiger partial charge >= 0.3 is 33.0 Å². The molecule has 1 amide bonds. The summed E-state index contributed by atoms with van der Waals surface area (Å²) in [5.41, 5.74) is 2.61. The minimum absolute atomic E-state index is 0. The van der Waals surface area contributed by atoms with Gasteiger partial charge in [0.05, 0.1) is 4.90 Å². The quantitative estimate of drug-likeness (QED) is 0.0886. The van der Waals surface area contributed by atoms with E-state index in [9.17, 15) is 22.8 Å². The van der Waals surface area contributed by atoms with Crippen LogP contribution in [0.2, 0.25) is 0 Å². The summed E-state index contributed by atoms with van der Waals surface area (Å²) in [6.45, 7) is 0. The predicted molar refractivity (Wildman–Crippen MR) is 115 cm³/mol. The second-order valence-corrected chi connectivity index (χ2v) is 7.80. The molecule has 11 N–H and O–H groups in total. The first-order valence-corrected chi connectivity index (χ1v) is 9.90. The molecule has 0 fully saturated rings. The summed E-state index contributed by atoms with van der Waals surface area (Å²) in [6, 6.07) is 11.3. The van der Waals surface area contributed by atoms with Gasteiger partial charge in [0.25, 0.3) is 15.9 Å². The number of carboxylic acid groups (broad SMARTS) is 2. The van der Waals surface area contributed by atoms with Crippen LogP contribution in [-0.2, 0) is 51.9 Å². The van der Waals surface area contributed by atoms with E-state index in [4.69, 9.17) is 15.4 Å². The Hall–Kier alpha value is -3.09. The van der Waals surface area contributed by atoms with Crippen molar-refractivity contribution in [3.8, 4) is 0 Å². The molecule has 2 aromatic carbocycles. The molecule has 0 spiro atoms. The van der Waals surface area contributed by atoms with Crippen molar-refractivity contribution >= 4 is 39.6 Å². The van der Waals surface area contributed by atoms with Crippen molar-refractivity contribution in [2.45, 2.75) is 11.3 Å². The number of sulfonamides is 1. The molecule has 14 heteroatoms. The zero-order valence-electron chi connectivity index (χ0n) is 17.1. The van der Waals surface area contributed by atoms with Gasteiger partial charge in [-0.25, -0.2) is 13.9 Å². The zero-order chi connectivity index (χ0) is 22.3. The van der Waals surface area contributed by atoms with Crippen LogP contribution < -0.4 is 22.5 Å². The van der Waals surface area contributed by atoms with Gasteiger partial charge in [-0.3, -0.25) is 24.3 Å². The topological polar surface area (TPSA) is 240 Å². The number of nitrogens with one attached hydrogen (secondary N) is 2. The molecule has 2 rings (SSSR count). The molecule has 0 atom stereocenters. The van der Waals surface area contributed by atoms with E-state index in [0.29, 0.717) is 11.1 Å². The summed E-state index contributed by atoms with van der Waals surface area (Å²) in [5.74, 6) is -5.23. The van der Waals surface area contributed by atoms with E-state index in [2.05, 4.69) is 4.72 Å². The Bertz CT molecular complexity index is 1060. The van der Waals surface area contributed by atoms with Crippen LogP contribution in [0.5, 0.6) is 0 Å². The van der Waals surface area contributed by atoms with Gasteiger partial charge in [0, 0.05) is 11.8 Å². The average Bonchev–Trinajstić information content (AvgIpc) is 2.71. The monoisotopic (exact) mass is 663 g/mol. The number of amides is 1. The van der Waals surface area contributed by atoms with Gasteiger partial charge in [0.1, 0.15) is 0 Å². The first-order valence-electron chi connectivity index (χ1n) is 8.42. The Morgan fingerprint density at radius 3 is 1.88 bits per heavy atom. The Morgan fingerprint density at radius 2 is 1.42 bits per heavy atom. The molecule has 0 aliphatic heterocycles. The second-order valence-electron chi connectivity index (χ2n) is 6.11. The molecule has 12 nitrogen and oxygen atoms in total. The summed E-state index contributed by atoms with van der Waals surface area (Å²) in [5, 5.41) is 26.3. The van der Waals surface area contributed by atoms with E-state index in [-0.39, 0.29) is 50.4 Å². The third-order valence-electron chi connectivity index (χ3n) is 3.97. The molecule has 2 aromatic rings. The molecule has 0 heterocycles. The molecule has 33 heavy (non-hydrogen) atoms. The van der Waals surface area contributed by atoms with Crippen LogP contribution >= 0.6 is 0 Å². The maximum absolute atomic E-state index is 12.5. The van der Waals surface area contributed by atoms with Crippen LogP contribution in [0.3, 0.4) is 0 Å². The number of aliphatic carboxylic acids is 2. The van der Waals surface area contributed by atoms with Crippen LogP contribution in [0.1, 0.15) is 11.1 Å². The summed E-state index contributed by atoms with van der Waals surface area (Å²) < 4.78 is 27.3. The number of benzene rings is 2. The predicted octanol–water partition coefficient (Wildman–Crippen LogP) is 1.66. The van der Waals surface area contributed by atoms with E-state index < -0.39 is 33.8 Å². The van der Waals surface area contributed by atoms with Crippen LogP contribution in [0.15, 0.2) is 59.5 Å². The Morgan fingerprint density at radius 1 is 0.909 bits per heavy atom. The summed E-state index contributed by atoms with van der Waals surface area (Å²) in [6.07, 6.45) is 2.22. The summed E-state index contributed by atoms with van der Waals surface area (Å²) >= 11 is 0. The molecule has 0 bridgehead atoms. The first-order chi connectivity index (χ1) is 14.1. The van der Waals surface area contributed by atoms with Gasteiger partial charge in [-0.2, -0.15) is 0 Å². The number of rotatable bonds is 9. The van der Waals surface area contributed by atoms with Crippen LogP contribution in [0, 0.1) is 5.92 Å². The molecule has 0 aliphatic carbocycles. The molecule has 0 aliphatic rings. The molecular formula is C19H24N4O8PtS+4. The fraction of sp³-hybridized carbons (Fsp3) is 0.105. The maximum Gasteiger partial charge on any atom is 4.00 e. The van der Waals surface area contributed by atoms with Crippen LogP contribution in [0.25, 0.3) is 6.08 Å². The Kier molecular flexibility index (Phi) is 13.7. The fourth-order valence-electron chi connectivity index (χ4n) is 2.41. The van der Waals surface area contributed by atoms with Crippen molar-refractivity contribution in [2.75, 3.05) is 4.72 Å². The number of hydroxylamine groups is 1.